The summed E-state index contributed by atoms with van der Waals surface area (Å²) in [7, 11) is 0. The Morgan fingerprint density at radius 1 is 1.62 bits per heavy atom. The Balaban J connectivity index is 2.60. The molecule has 0 aromatic carbocycles. The highest BCUT2D eigenvalue weighted by Crippen LogP contribution is 2.23. The van der Waals surface area contributed by atoms with Crippen molar-refractivity contribution in [1.82, 2.24) is 4.98 Å². The normalized spacial score (nSPS) is 11.3. The third-order valence-electron chi connectivity index (χ3n) is 1.18. The molecule has 0 aliphatic carbocycles. The molecule has 0 aliphatic rings. The van der Waals surface area contributed by atoms with Crippen molar-refractivity contribution in [3.63, 3.8) is 0 Å². The lowest BCUT2D eigenvalue weighted by Crippen LogP contribution is -2.18. The second-order valence-corrected chi connectivity index (χ2v) is 3.92. The Hall–Kier alpha value is -0.660. The summed E-state index contributed by atoms with van der Waals surface area (Å²) >= 11 is 0.999. The van der Waals surface area contributed by atoms with Crippen molar-refractivity contribution < 1.29 is 13.5 Å². The van der Waals surface area contributed by atoms with E-state index in [1.54, 1.807) is 0 Å². The maximum absolute atomic E-state index is 12.3. The standard InChI is InChI=1S/C7H7F2IN2O/c8-7(9,10)4-13-5-1-2-12-6(11)3-5/h1-3H,4H2,(H2,11,12). The number of H-pyrrole nitrogens is 1. The molecule has 1 heterocycles. The molecule has 0 saturated carbocycles. The molecule has 6 heteroatoms. The van der Waals surface area contributed by atoms with Crippen LogP contribution in [0, 0.1) is 5.41 Å². The maximum Gasteiger partial charge on any atom is 0.329 e. The summed E-state index contributed by atoms with van der Waals surface area (Å²) in [6, 6.07) is 2.82. The molecule has 1 aromatic rings. The Bertz CT molecular complexity index is 334. The zero-order chi connectivity index (χ0) is 9.90. The number of hydrogen-bond acceptors (Lipinski definition) is 2. The minimum atomic E-state index is -2.88. The first kappa shape index (κ1) is 10.4. The Morgan fingerprint density at radius 2 is 2.31 bits per heavy atom. The summed E-state index contributed by atoms with van der Waals surface area (Å²) in [4.78, 5) is 2.57. The number of hydrogen-bond donors (Lipinski definition) is 2. The van der Waals surface area contributed by atoms with Crippen LogP contribution in [-0.2, 0) is 0 Å². The minimum absolute atomic E-state index is 0.120. The lowest BCUT2D eigenvalue weighted by atomic mass is 10.4. The Labute approximate surface area is 86.8 Å². The fourth-order valence-electron chi connectivity index (χ4n) is 0.701. The first-order valence-electron chi connectivity index (χ1n) is 3.40. The highest BCUT2D eigenvalue weighted by Gasteiger charge is 2.24. The van der Waals surface area contributed by atoms with Crippen LogP contribution in [0.4, 0.5) is 8.78 Å². The van der Waals surface area contributed by atoms with E-state index < -0.39 is 10.5 Å². The third-order valence-corrected chi connectivity index (χ3v) is 1.49. The SMILES string of the molecule is N=c1cc(OCC(F)(F)I)cc[nH]1. The molecule has 0 saturated heterocycles. The highest BCUT2D eigenvalue weighted by molar-refractivity contribution is 14.1. The van der Waals surface area contributed by atoms with Crippen molar-refractivity contribution in [3.05, 3.63) is 23.8 Å². The second kappa shape index (κ2) is 4.03. The van der Waals surface area contributed by atoms with Crippen molar-refractivity contribution in [2.24, 2.45) is 0 Å². The molecule has 0 fully saturated rings. The Morgan fingerprint density at radius 3 is 2.85 bits per heavy atom. The van der Waals surface area contributed by atoms with E-state index in [1.165, 1.54) is 18.3 Å². The fraction of sp³-hybridized carbons (Fsp3) is 0.286. The number of rotatable bonds is 3. The molecular weight excluding hydrogens is 293 g/mol. The van der Waals surface area contributed by atoms with Gasteiger partial charge in [0.15, 0.2) is 6.61 Å². The van der Waals surface area contributed by atoms with Crippen LogP contribution in [0.25, 0.3) is 0 Å². The van der Waals surface area contributed by atoms with Crippen molar-refractivity contribution in [3.8, 4) is 5.75 Å². The van der Waals surface area contributed by atoms with E-state index in [0.29, 0.717) is 0 Å². The van der Waals surface area contributed by atoms with Gasteiger partial charge in [0.05, 0.1) is 0 Å². The van der Waals surface area contributed by atoms with E-state index >= 15 is 0 Å². The highest BCUT2D eigenvalue weighted by atomic mass is 127. The number of aromatic amines is 1. The van der Waals surface area contributed by atoms with Gasteiger partial charge in [0.2, 0.25) is 0 Å². The van der Waals surface area contributed by atoms with Crippen molar-refractivity contribution in [1.29, 1.82) is 5.41 Å². The van der Waals surface area contributed by atoms with Gasteiger partial charge in [0.25, 0.3) is 0 Å². The summed E-state index contributed by atoms with van der Waals surface area (Å²) in [6.07, 6.45) is 1.46. The molecule has 2 N–H and O–H groups in total. The van der Waals surface area contributed by atoms with Crippen molar-refractivity contribution in [2.45, 2.75) is 3.93 Å². The average Bonchev–Trinajstić information content (AvgIpc) is 2.00. The van der Waals surface area contributed by atoms with Gasteiger partial charge in [-0.1, -0.05) is 0 Å². The molecule has 0 aliphatic heterocycles. The van der Waals surface area contributed by atoms with E-state index in [1.807, 2.05) is 0 Å². The zero-order valence-corrected chi connectivity index (χ0v) is 8.64. The predicted octanol–water partition coefficient (Wildman–Crippen LogP) is 1.90. The van der Waals surface area contributed by atoms with E-state index in [4.69, 9.17) is 10.1 Å². The molecule has 0 spiro atoms. The molecular formula is C7H7F2IN2O. The van der Waals surface area contributed by atoms with Crippen LogP contribution in [0.2, 0.25) is 0 Å². The van der Waals surface area contributed by atoms with Gasteiger partial charge in [-0.25, -0.2) is 0 Å². The number of aromatic nitrogens is 1. The van der Waals surface area contributed by atoms with Gasteiger partial charge in [-0.15, -0.1) is 0 Å². The number of pyridine rings is 1. The molecule has 0 radical (unpaired) electrons. The van der Waals surface area contributed by atoms with Gasteiger partial charge < -0.3 is 9.72 Å². The minimum Gasteiger partial charge on any atom is -0.486 e. The van der Waals surface area contributed by atoms with Gasteiger partial charge in [-0.3, -0.25) is 5.41 Å². The van der Waals surface area contributed by atoms with Crippen LogP contribution < -0.4 is 10.2 Å². The van der Waals surface area contributed by atoms with Gasteiger partial charge in [0, 0.05) is 34.9 Å². The topological polar surface area (TPSA) is 48.9 Å². The summed E-state index contributed by atoms with van der Waals surface area (Å²) in [5, 5.41) is 7.15. The largest absolute Gasteiger partial charge is 0.486 e. The fourth-order valence-corrected chi connectivity index (χ4v) is 0.856. The van der Waals surface area contributed by atoms with Crippen LogP contribution in [0.15, 0.2) is 18.3 Å². The van der Waals surface area contributed by atoms with Crippen LogP contribution in [-0.4, -0.2) is 15.5 Å². The summed E-state index contributed by atoms with van der Waals surface area (Å²) < 4.78 is 26.5. The predicted molar refractivity (Wildman–Crippen MR) is 51.1 cm³/mol. The van der Waals surface area contributed by atoms with E-state index in [-0.39, 0.29) is 11.2 Å². The first-order valence-corrected chi connectivity index (χ1v) is 4.48. The van der Waals surface area contributed by atoms with E-state index in [9.17, 15) is 8.78 Å². The number of alkyl halides is 3. The smallest absolute Gasteiger partial charge is 0.329 e. The quantitative estimate of drug-likeness (QED) is 0.650. The first-order chi connectivity index (χ1) is 5.97. The lowest BCUT2D eigenvalue weighted by molar-refractivity contribution is 0.0646. The van der Waals surface area contributed by atoms with Crippen molar-refractivity contribution >= 4 is 22.6 Å². The molecule has 0 amide bonds. The summed E-state index contributed by atoms with van der Waals surface area (Å²) in [6.45, 7) is -0.684. The van der Waals surface area contributed by atoms with Gasteiger partial charge in [-0.2, -0.15) is 8.78 Å². The molecule has 3 nitrogen and oxygen atoms in total. The van der Waals surface area contributed by atoms with Crippen LogP contribution in [0.1, 0.15) is 0 Å². The van der Waals surface area contributed by atoms with Gasteiger partial charge in [-0.05, 0) is 6.07 Å². The maximum atomic E-state index is 12.3. The third kappa shape index (κ3) is 4.20. The lowest BCUT2D eigenvalue weighted by Gasteiger charge is -2.09. The van der Waals surface area contributed by atoms with Crippen LogP contribution in [0.5, 0.6) is 5.75 Å². The second-order valence-electron chi connectivity index (χ2n) is 2.34. The summed E-state index contributed by atoms with van der Waals surface area (Å²) in [5.41, 5.74) is 0.120. The molecule has 0 atom stereocenters. The van der Waals surface area contributed by atoms with E-state index in [2.05, 4.69) is 4.98 Å². The Kier molecular flexibility index (Phi) is 3.23. The monoisotopic (exact) mass is 300 g/mol. The molecule has 0 unspecified atom stereocenters. The number of halogens is 3. The van der Waals surface area contributed by atoms with Gasteiger partial charge >= 0.3 is 3.93 Å². The van der Waals surface area contributed by atoms with Crippen LogP contribution in [0.3, 0.4) is 0 Å². The number of ether oxygens (including phenoxy) is 1. The average molecular weight is 300 g/mol. The van der Waals surface area contributed by atoms with Crippen LogP contribution >= 0.6 is 22.6 Å². The molecule has 72 valence electrons. The molecule has 13 heavy (non-hydrogen) atoms. The zero-order valence-electron chi connectivity index (χ0n) is 6.48. The molecule has 1 rings (SSSR count). The summed E-state index contributed by atoms with van der Waals surface area (Å²) in [5.74, 6) is 0.264. The van der Waals surface area contributed by atoms with Gasteiger partial charge in [0.1, 0.15) is 11.2 Å². The number of nitrogens with one attached hydrogen (secondary N) is 2. The van der Waals surface area contributed by atoms with E-state index in [0.717, 1.165) is 22.6 Å². The molecule has 1 aromatic heterocycles. The van der Waals surface area contributed by atoms with Crippen molar-refractivity contribution in [2.75, 3.05) is 6.61 Å². The molecule has 0 bridgehead atoms.